The van der Waals surface area contributed by atoms with Crippen molar-refractivity contribution in [2.75, 3.05) is 13.1 Å². The Labute approximate surface area is 105 Å². The normalized spacial score (nSPS) is 23.1. The number of rotatable bonds is 3. The molecule has 0 spiro atoms. The summed E-state index contributed by atoms with van der Waals surface area (Å²) >= 11 is 0. The lowest BCUT2D eigenvalue weighted by atomic mass is 10.0. The van der Waals surface area contributed by atoms with Crippen LogP contribution >= 0.6 is 0 Å². The van der Waals surface area contributed by atoms with E-state index in [-0.39, 0.29) is 0 Å². The van der Waals surface area contributed by atoms with E-state index in [1.54, 1.807) is 0 Å². The lowest BCUT2D eigenvalue weighted by Gasteiger charge is -2.23. The van der Waals surface area contributed by atoms with Gasteiger partial charge in [0.05, 0.1) is 0 Å². The van der Waals surface area contributed by atoms with E-state index < -0.39 is 0 Å². The van der Waals surface area contributed by atoms with Crippen LogP contribution in [0.3, 0.4) is 0 Å². The van der Waals surface area contributed by atoms with Crippen molar-refractivity contribution in [2.24, 2.45) is 0 Å². The summed E-state index contributed by atoms with van der Waals surface area (Å²) in [7, 11) is 0. The van der Waals surface area contributed by atoms with E-state index in [2.05, 4.69) is 48.7 Å². The van der Waals surface area contributed by atoms with Gasteiger partial charge in [-0.05, 0) is 57.3 Å². The number of benzene rings is 1. The second-order valence-electron chi connectivity index (χ2n) is 5.12. The van der Waals surface area contributed by atoms with E-state index >= 15 is 0 Å². The Hall–Kier alpha value is -0.860. The Kier molecular flexibility index (Phi) is 4.57. The van der Waals surface area contributed by atoms with E-state index in [0.29, 0.717) is 12.1 Å². The van der Waals surface area contributed by atoms with Crippen LogP contribution in [0.25, 0.3) is 0 Å². The highest BCUT2D eigenvalue weighted by Crippen LogP contribution is 2.19. The minimum atomic E-state index is 0.458. The SMILES string of the molecule is Cc1ccccc1[C@@H](C)NC1CCCNCC1. The van der Waals surface area contributed by atoms with Gasteiger partial charge < -0.3 is 10.6 Å². The Morgan fingerprint density at radius 2 is 2.06 bits per heavy atom. The van der Waals surface area contributed by atoms with Crippen molar-refractivity contribution in [3.63, 3.8) is 0 Å². The first kappa shape index (κ1) is 12.6. The first-order valence-electron chi connectivity index (χ1n) is 6.79. The largest absolute Gasteiger partial charge is 0.317 e. The van der Waals surface area contributed by atoms with Crippen molar-refractivity contribution in [3.05, 3.63) is 35.4 Å². The molecular weight excluding hydrogens is 208 g/mol. The molecule has 0 amide bonds. The van der Waals surface area contributed by atoms with E-state index in [1.807, 2.05) is 0 Å². The van der Waals surface area contributed by atoms with Crippen LogP contribution in [0.5, 0.6) is 0 Å². The van der Waals surface area contributed by atoms with Gasteiger partial charge in [-0.3, -0.25) is 0 Å². The van der Waals surface area contributed by atoms with Crippen molar-refractivity contribution in [2.45, 2.75) is 45.2 Å². The molecule has 17 heavy (non-hydrogen) atoms. The summed E-state index contributed by atoms with van der Waals surface area (Å²) in [6, 6.07) is 9.80. The van der Waals surface area contributed by atoms with Gasteiger partial charge in [0.15, 0.2) is 0 Å². The molecule has 2 atom stereocenters. The Morgan fingerprint density at radius 3 is 2.88 bits per heavy atom. The standard InChI is InChI=1S/C15H24N2/c1-12-6-3-4-8-15(12)13(2)17-14-7-5-10-16-11-9-14/h3-4,6,8,13-14,16-17H,5,7,9-11H2,1-2H3/t13-,14?/m1/s1. The monoisotopic (exact) mass is 232 g/mol. The Balaban J connectivity index is 1.96. The minimum absolute atomic E-state index is 0.458. The van der Waals surface area contributed by atoms with Gasteiger partial charge in [-0.2, -0.15) is 0 Å². The van der Waals surface area contributed by atoms with E-state index in [1.165, 1.54) is 36.9 Å². The third kappa shape index (κ3) is 3.55. The van der Waals surface area contributed by atoms with Gasteiger partial charge in [0, 0.05) is 12.1 Å². The molecule has 0 bridgehead atoms. The van der Waals surface area contributed by atoms with Gasteiger partial charge in [-0.1, -0.05) is 24.3 Å². The molecule has 0 saturated carbocycles. The fourth-order valence-corrected chi connectivity index (χ4v) is 2.70. The summed E-state index contributed by atoms with van der Waals surface area (Å²) in [4.78, 5) is 0. The minimum Gasteiger partial charge on any atom is -0.317 e. The zero-order chi connectivity index (χ0) is 12.1. The van der Waals surface area contributed by atoms with Gasteiger partial charge in [-0.25, -0.2) is 0 Å². The summed E-state index contributed by atoms with van der Waals surface area (Å²) in [5, 5.41) is 7.24. The fourth-order valence-electron chi connectivity index (χ4n) is 2.70. The summed E-state index contributed by atoms with van der Waals surface area (Å²) in [6.07, 6.45) is 3.83. The number of aryl methyl sites for hydroxylation is 1. The molecule has 1 aromatic rings. The summed E-state index contributed by atoms with van der Waals surface area (Å²) < 4.78 is 0. The lowest BCUT2D eigenvalue weighted by Crippen LogP contribution is -2.32. The van der Waals surface area contributed by atoms with Crippen LogP contribution in [-0.4, -0.2) is 19.1 Å². The smallest absolute Gasteiger partial charge is 0.0296 e. The number of hydrogen-bond donors (Lipinski definition) is 2. The maximum Gasteiger partial charge on any atom is 0.0296 e. The predicted molar refractivity (Wildman–Crippen MR) is 73.2 cm³/mol. The molecule has 94 valence electrons. The van der Waals surface area contributed by atoms with Crippen LogP contribution in [0.2, 0.25) is 0 Å². The molecule has 1 heterocycles. The second kappa shape index (κ2) is 6.18. The Morgan fingerprint density at radius 1 is 1.24 bits per heavy atom. The van der Waals surface area contributed by atoms with Crippen LogP contribution in [0.1, 0.15) is 43.4 Å². The molecule has 1 unspecified atom stereocenters. The molecule has 1 aliphatic heterocycles. The highest BCUT2D eigenvalue weighted by Gasteiger charge is 2.15. The van der Waals surface area contributed by atoms with Crippen LogP contribution in [0.15, 0.2) is 24.3 Å². The highest BCUT2D eigenvalue weighted by molar-refractivity contribution is 5.28. The molecule has 2 heteroatoms. The van der Waals surface area contributed by atoms with Crippen molar-refractivity contribution in [1.82, 2.24) is 10.6 Å². The summed E-state index contributed by atoms with van der Waals surface area (Å²) in [5.74, 6) is 0. The molecule has 0 aromatic heterocycles. The van der Waals surface area contributed by atoms with Crippen LogP contribution < -0.4 is 10.6 Å². The van der Waals surface area contributed by atoms with Crippen LogP contribution in [-0.2, 0) is 0 Å². The fraction of sp³-hybridized carbons (Fsp3) is 0.600. The molecule has 1 aromatic carbocycles. The highest BCUT2D eigenvalue weighted by atomic mass is 15.0. The van der Waals surface area contributed by atoms with E-state index in [9.17, 15) is 0 Å². The molecule has 2 rings (SSSR count). The molecule has 2 nitrogen and oxygen atoms in total. The van der Waals surface area contributed by atoms with Gasteiger partial charge in [0.25, 0.3) is 0 Å². The van der Waals surface area contributed by atoms with E-state index in [4.69, 9.17) is 0 Å². The van der Waals surface area contributed by atoms with Gasteiger partial charge in [0.1, 0.15) is 0 Å². The topological polar surface area (TPSA) is 24.1 Å². The molecular formula is C15H24N2. The van der Waals surface area contributed by atoms with E-state index in [0.717, 1.165) is 6.54 Å². The average molecular weight is 232 g/mol. The summed E-state index contributed by atoms with van der Waals surface area (Å²) in [6.45, 7) is 6.80. The molecule has 0 aliphatic carbocycles. The predicted octanol–water partition coefficient (Wildman–Crippen LogP) is 2.79. The Bertz CT molecular complexity index is 341. The van der Waals surface area contributed by atoms with Crippen LogP contribution in [0, 0.1) is 6.92 Å². The molecule has 1 fully saturated rings. The second-order valence-corrected chi connectivity index (χ2v) is 5.12. The quantitative estimate of drug-likeness (QED) is 0.837. The summed E-state index contributed by atoms with van der Waals surface area (Å²) in [5.41, 5.74) is 2.82. The van der Waals surface area contributed by atoms with Crippen molar-refractivity contribution >= 4 is 0 Å². The molecule has 1 saturated heterocycles. The maximum atomic E-state index is 3.78. The average Bonchev–Trinajstić information content (AvgIpc) is 2.58. The lowest BCUT2D eigenvalue weighted by molar-refractivity contribution is 0.420. The van der Waals surface area contributed by atoms with Crippen molar-refractivity contribution in [3.8, 4) is 0 Å². The molecule has 0 radical (unpaired) electrons. The van der Waals surface area contributed by atoms with Crippen LogP contribution in [0.4, 0.5) is 0 Å². The number of hydrogen-bond acceptors (Lipinski definition) is 2. The first-order valence-corrected chi connectivity index (χ1v) is 6.79. The third-order valence-electron chi connectivity index (χ3n) is 3.72. The molecule has 2 N–H and O–H groups in total. The maximum absolute atomic E-state index is 3.78. The first-order chi connectivity index (χ1) is 8.27. The van der Waals surface area contributed by atoms with Gasteiger partial charge in [0.2, 0.25) is 0 Å². The van der Waals surface area contributed by atoms with Crippen molar-refractivity contribution in [1.29, 1.82) is 0 Å². The molecule has 1 aliphatic rings. The van der Waals surface area contributed by atoms with Crippen molar-refractivity contribution < 1.29 is 0 Å². The zero-order valence-electron chi connectivity index (χ0n) is 11.0. The zero-order valence-corrected chi connectivity index (χ0v) is 11.0. The third-order valence-corrected chi connectivity index (χ3v) is 3.72. The van der Waals surface area contributed by atoms with Gasteiger partial charge >= 0.3 is 0 Å². The number of nitrogens with one attached hydrogen (secondary N) is 2. The van der Waals surface area contributed by atoms with Gasteiger partial charge in [-0.15, -0.1) is 0 Å².